The van der Waals surface area contributed by atoms with Crippen molar-refractivity contribution < 1.29 is 9.53 Å². The number of nitrogens with zero attached hydrogens (tertiary/aromatic N) is 2. The number of hydrogen-bond acceptors (Lipinski definition) is 4. The summed E-state index contributed by atoms with van der Waals surface area (Å²) in [5.41, 5.74) is 6.96. The van der Waals surface area contributed by atoms with Crippen LogP contribution < -0.4 is 5.73 Å². The summed E-state index contributed by atoms with van der Waals surface area (Å²) in [5, 5.41) is 0. The summed E-state index contributed by atoms with van der Waals surface area (Å²) in [5.74, 6) is -0.0443. The van der Waals surface area contributed by atoms with Gasteiger partial charge in [0.05, 0.1) is 0 Å². The highest BCUT2D eigenvalue weighted by molar-refractivity contribution is 5.92. The zero-order valence-electron chi connectivity index (χ0n) is 10.6. The Hall–Kier alpha value is -1.46. The summed E-state index contributed by atoms with van der Waals surface area (Å²) in [6.07, 6.45) is 3.41. The van der Waals surface area contributed by atoms with Gasteiger partial charge in [0, 0.05) is 39.0 Å². The van der Waals surface area contributed by atoms with Gasteiger partial charge in [0.25, 0.3) is 5.91 Å². The average Bonchev–Trinajstić information content (AvgIpc) is 2.46. The first-order chi connectivity index (χ1) is 8.72. The Balaban J connectivity index is 2.09. The fourth-order valence-electron chi connectivity index (χ4n) is 2.14. The maximum absolute atomic E-state index is 12.3. The van der Waals surface area contributed by atoms with E-state index in [1.54, 1.807) is 17.2 Å². The highest BCUT2D eigenvalue weighted by atomic mass is 16.5. The summed E-state index contributed by atoms with van der Waals surface area (Å²) in [4.78, 5) is 18.2. The number of carbonyl (C=O) groups excluding carboxylic acids is 1. The molecule has 1 aliphatic rings. The third-order valence-corrected chi connectivity index (χ3v) is 3.34. The predicted molar refractivity (Wildman–Crippen MR) is 68.1 cm³/mol. The van der Waals surface area contributed by atoms with Gasteiger partial charge in [-0.1, -0.05) is 0 Å². The molecular formula is C13H19N3O2. The molecule has 98 valence electrons. The minimum absolute atomic E-state index is 0.0443. The Morgan fingerprint density at radius 3 is 2.94 bits per heavy atom. The molecule has 5 nitrogen and oxygen atoms in total. The van der Waals surface area contributed by atoms with Crippen molar-refractivity contribution in [2.75, 3.05) is 20.3 Å². The van der Waals surface area contributed by atoms with Gasteiger partial charge in [-0.3, -0.25) is 9.78 Å². The Morgan fingerprint density at radius 1 is 1.56 bits per heavy atom. The van der Waals surface area contributed by atoms with Crippen molar-refractivity contribution >= 4 is 5.91 Å². The van der Waals surface area contributed by atoms with Gasteiger partial charge in [-0.2, -0.15) is 0 Å². The summed E-state index contributed by atoms with van der Waals surface area (Å²) < 4.78 is 5.30. The fraction of sp³-hybridized carbons (Fsp3) is 0.538. The van der Waals surface area contributed by atoms with E-state index >= 15 is 0 Å². The number of pyridine rings is 1. The van der Waals surface area contributed by atoms with Crippen molar-refractivity contribution in [2.45, 2.75) is 25.4 Å². The van der Waals surface area contributed by atoms with Crippen molar-refractivity contribution in [1.29, 1.82) is 0 Å². The van der Waals surface area contributed by atoms with Crippen LogP contribution in [0.4, 0.5) is 0 Å². The van der Waals surface area contributed by atoms with Crippen LogP contribution >= 0.6 is 0 Å². The summed E-state index contributed by atoms with van der Waals surface area (Å²) in [6, 6.07) is 3.83. The SMILES string of the molecule is CN(C(=O)c1cc(CN)ccn1)C1CCOCC1. The minimum atomic E-state index is -0.0443. The molecule has 0 radical (unpaired) electrons. The summed E-state index contributed by atoms with van der Waals surface area (Å²) in [6.45, 7) is 1.86. The first-order valence-electron chi connectivity index (χ1n) is 6.22. The second-order valence-electron chi connectivity index (χ2n) is 4.51. The zero-order valence-corrected chi connectivity index (χ0v) is 10.6. The van der Waals surface area contributed by atoms with Crippen LogP contribution in [-0.4, -0.2) is 42.1 Å². The molecule has 0 aliphatic carbocycles. The molecule has 5 heteroatoms. The van der Waals surface area contributed by atoms with E-state index in [0.29, 0.717) is 12.2 Å². The van der Waals surface area contributed by atoms with Crippen molar-refractivity contribution in [3.05, 3.63) is 29.6 Å². The molecular weight excluding hydrogens is 230 g/mol. The average molecular weight is 249 g/mol. The zero-order chi connectivity index (χ0) is 13.0. The molecule has 0 saturated carbocycles. The van der Waals surface area contributed by atoms with Gasteiger partial charge >= 0.3 is 0 Å². The van der Waals surface area contributed by atoms with E-state index in [0.717, 1.165) is 31.6 Å². The number of ether oxygens (including phenoxy) is 1. The van der Waals surface area contributed by atoms with Gasteiger partial charge in [-0.05, 0) is 30.5 Å². The topological polar surface area (TPSA) is 68.5 Å². The monoisotopic (exact) mass is 249 g/mol. The van der Waals surface area contributed by atoms with E-state index in [2.05, 4.69) is 4.98 Å². The first-order valence-corrected chi connectivity index (χ1v) is 6.22. The molecule has 1 aromatic heterocycles. The van der Waals surface area contributed by atoms with E-state index in [1.807, 2.05) is 13.1 Å². The van der Waals surface area contributed by atoms with Gasteiger partial charge in [0.2, 0.25) is 0 Å². The highest BCUT2D eigenvalue weighted by Crippen LogP contribution is 2.15. The van der Waals surface area contributed by atoms with Gasteiger partial charge < -0.3 is 15.4 Å². The lowest BCUT2D eigenvalue weighted by molar-refractivity contribution is 0.0359. The summed E-state index contributed by atoms with van der Waals surface area (Å²) >= 11 is 0. The standard InChI is InChI=1S/C13H19N3O2/c1-16(11-3-6-18-7-4-11)13(17)12-8-10(9-14)2-5-15-12/h2,5,8,11H,3-4,6-7,9,14H2,1H3. The Labute approximate surface area is 107 Å². The van der Waals surface area contributed by atoms with E-state index in [4.69, 9.17) is 10.5 Å². The van der Waals surface area contributed by atoms with Gasteiger partial charge in [-0.15, -0.1) is 0 Å². The van der Waals surface area contributed by atoms with E-state index in [1.165, 1.54) is 0 Å². The Morgan fingerprint density at radius 2 is 2.28 bits per heavy atom. The molecule has 1 fully saturated rings. The molecule has 0 bridgehead atoms. The van der Waals surface area contributed by atoms with Crippen molar-refractivity contribution in [3.63, 3.8) is 0 Å². The number of carbonyl (C=O) groups is 1. The molecule has 1 amide bonds. The molecule has 18 heavy (non-hydrogen) atoms. The van der Waals surface area contributed by atoms with E-state index in [9.17, 15) is 4.79 Å². The van der Waals surface area contributed by atoms with Gasteiger partial charge in [-0.25, -0.2) is 0 Å². The molecule has 0 atom stereocenters. The van der Waals surface area contributed by atoms with E-state index in [-0.39, 0.29) is 11.9 Å². The lowest BCUT2D eigenvalue weighted by atomic mass is 10.1. The summed E-state index contributed by atoms with van der Waals surface area (Å²) in [7, 11) is 1.83. The number of aromatic nitrogens is 1. The molecule has 2 heterocycles. The Kier molecular flexibility index (Phi) is 4.28. The normalized spacial score (nSPS) is 16.6. The lowest BCUT2D eigenvalue weighted by Gasteiger charge is -2.31. The molecule has 2 N–H and O–H groups in total. The molecule has 1 aromatic rings. The van der Waals surface area contributed by atoms with E-state index < -0.39 is 0 Å². The van der Waals surface area contributed by atoms with Gasteiger partial charge in [0.1, 0.15) is 5.69 Å². The van der Waals surface area contributed by atoms with Crippen LogP contribution in [-0.2, 0) is 11.3 Å². The number of nitrogens with two attached hydrogens (primary N) is 1. The maximum Gasteiger partial charge on any atom is 0.272 e. The minimum Gasteiger partial charge on any atom is -0.381 e. The van der Waals surface area contributed by atoms with Crippen molar-refractivity contribution in [3.8, 4) is 0 Å². The fourth-order valence-corrected chi connectivity index (χ4v) is 2.14. The third-order valence-electron chi connectivity index (χ3n) is 3.34. The van der Waals surface area contributed by atoms with Crippen molar-refractivity contribution in [2.24, 2.45) is 5.73 Å². The second-order valence-corrected chi connectivity index (χ2v) is 4.51. The third kappa shape index (κ3) is 2.86. The highest BCUT2D eigenvalue weighted by Gasteiger charge is 2.24. The number of rotatable bonds is 3. The lowest BCUT2D eigenvalue weighted by Crippen LogP contribution is -2.41. The van der Waals surface area contributed by atoms with Crippen LogP contribution in [0.3, 0.4) is 0 Å². The molecule has 0 aromatic carbocycles. The molecule has 0 unspecified atom stereocenters. The molecule has 1 saturated heterocycles. The smallest absolute Gasteiger partial charge is 0.272 e. The van der Waals surface area contributed by atoms with Crippen LogP contribution in [0.2, 0.25) is 0 Å². The van der Waals surface area contributed by atoms with Gasteiger partial charge in [0.15, 0.2) is 0 Å². The maximum atomic E-state index is 12.3. The molecule has 1 aliphatic heterocycles. The quantitative estimate of drug-likeness (QED) is 0.860. The molecule has 0 spiro atoms. The first kappa shape index (κ1) is 13.0. The number of amides is 1. The van der Waals surface area contributed by atoms with Crippen LogP contribution in [0.25, 0.3) is 0 Å². The number of hydrogen-bond donors (Lipinski definition) is 1. The van der Waals surface area contributed by atoms with Crippen LogP contribution in [0.15, 0.2) is 18.3 Å². The van der Waals surface area contributed by atoms with Crippen LogP contribution in [0, 0.1) is 0 Å². The Bertz CT molecular complexity index is 416. The van der Waals surface area contributed by atoms with Crippen LogP contribution in [0.5, 0.6) is 0 Å². The second kappa shape index (κ2) is 5.93. The van der Waals surface area contributed by atoms with Crippen molar-refractivity contribution in [1.82, 2.24) is 9.88 Å². The van der Waals surface area contributed by atoms with Crippen LogP contribution in [0.1, 0.15) is 28.9 Å². The molecule has 2 rings (SSSR count). The predicted octanol–water partition coefficient (Wildman–Crippen LogP) is 0.791. The largest absolute Gasteiger partial charge is 0.381 e.